The molecule has 2 amide bonds. The number of fused-ring (bicyclic) bond motifs is 3. The van der Waals surface area contributed by atoms with E-state index in [1.165, 1.54) is 0 Å². The smallest absolute Gasteiger partial charge is 0.407 e. The van der Waals surface area contributed by atoms with Crippen molar-refractivity contribution in [2.45, 2.75) is 58.5 Å². The molecule has 0 radical (unpaired) electrons. The minimum Gasteiger partial charge on any atom is -0.481 e. The van der Waals surface area contributed by atoms with E-state index >= 15 is 0 Å². The summed E-state index contributed by atoms with van der Waals surface area (Å²) in [4.78, 5) is 37.0. The maximum atomic E-state index is 13.0. The molecule has 34 heavy (non-hydrogen) atoms. The molecule has 180 valence electrons. The number of hydrogen-bond acceptors (Lipinski definition) is 4. The first-order valence-corrected chi connectivity index (χ1v) is 11.6. The van der Waals surface area contributed by atoms with Gasteiger partial charge in [-0.1, -0.05) is 76.2 Å². The molecule has 2 aromatic rings. The van der Waals surface area contributed by atoms with E-state index in [0.29, 0.717) is 0 Å². The third-order valence-corrected chi connectivity index (χ3v) is 8.70. The summed E-state index contributed by atoms with van der Waals surface area (Å²) in [6, 6.07) is 14.7. The highest BCUT2D eigenvalue weighted by Crippen LogP contribution is 2.71. The molecule has 2 aromatic carbocycles. The van der Waals surface area contributed by atoms with Crippen LogP contribution in [0.5, 0.6) is 0 Å². The molecular weight excluding hydrogens is 432 g/mol. The van der Waals surface area contributed by atoms with Crippen LogP contribution >= 0.6 is 0 Å². The first-order valence-electron chi connectivity index (χ1n) is 11.6. The number of carbonyl (C=O) groups is 3. The predicted molar refractivity (Wildman–Crippen MR) is 128 cm³/mol. The Morgan fingerprint density at radius 3 is 1.88 bits per heavy atom. The number of carbonyl (C=O) groups excluding carboxylic acids is 2. The molecule has 3 N–H and O–H groups in total. The molecule has 0 heterocycles. The van der Waals surface area contributed by atoms with Crippen LogP contribution in [0.3, 0.4) is 0 Å². The molecule has 1 atom stereocenters. The number of rotatable bonds is 7. The minimum absolute atomic E-state index is 0.0824. The van der Waals surface area contributed by atoms with Crippen LogP contribution in [0.25, 0.3) is 11.1 Å². The van der Waals surface area contributed by atoms with Gasteiger partial charge in [-0.15, -0.1) is 0 Å². The first-order chi connectivity index (χ1) is 15.9. The quantitative estimate of drug-likeness (QED) is 0.566. The fraction of sp³-hybridized carbons (Fsp3) is 0.444. The van der Waals surface area contributed by atoms with E-state index in [1.54, 1.807) is 0 Å². The Morgan fingerprint density at radius 2 is 1.41 bits per heavy atom. The molecule has 2 aliphatic carbocycles. The van der Waals surface area contributed by atoms with Crippen molar-refractivity contribution < 1.29 is 24.2 Å². The lowest BCUT2D eigenvalue weighted by Gasteiger charge is -2.23. The molecule has 7 heteroatoms. The van der Waals surface area contributed by atoms with Crippen LogP contribution in [-0.2, 0) is 14.3 Å². The van der Waals surface area contributed by atoms with Crippen LogP contribution in [0.1, 0.15) is 58.1 Å². The van der Waals surface area contributed by atoms with Crippen molar-refractivity contribution in [2.24, 2.45) is 10.8 Å². The molecular formula is C27H32N2O5. The molecule has 1 unspecified atom stereocenters. The highest BCUT2D eigenvalue weighted by Gasteiger charge is 2.75. The number of benzene rings is 2. The van der Waals surface area contributed by atoms with E-state index in [2.05, 4.69) is 38.3 Å². The van der Waals surface area contributed by atoms with Crippen molar-refractivity contribution in [2.75, 3.05) is 6.61 Å². The van der Waals surface area contributed by atoms with Gasteiger partial charge >= 0.3 is 12.1 Å². The Hall–Kier alpha value is -3.35. The zero-order valence-electron chi connectivity index (χ0n) is 20.3. The highest BCUT2D eigenvalue weighted by atomic mass is 16.5. The van der Waals surface area contributed by atoms with E-state index in [0.717, 1.165) is 22.3 Å². The van der Waals surface area contributed by atoms with Gasteiger partial charge in [-0.2, -0.15) is 0 Å². The molecule has 1 fully saturated rings. The number of amides is 2. The second kappa shape index (κ2) is 8.15. The predicted octanol–water partition coefficient (Wildman–Crippen LogP) is 4.31. The number of alkyl carbamates (subject to hydrolysis) is 1. The number of aliphatic carboxylic acids is 1. The number of carboxylic acids is 1. The van der Waals surface area contributed by atoms with E-state index in [1.807, 2.05) is 55.5 Å². The van der Waals surface area contributed by atoms with Crippen molar-refractivity contribution in [3.8, 4) is 11.1 Å². The van der Waals surface area contributed by atoms with Crippen molar-refractivity contribution >= 4 is 18.0 Å². The molecule has 0 spiro atoms. The topological polar surface area (TPSA) is 105 Å². The third kappa shape index (κ3) is 3.63. The monoisotopic (exact) mass is 464 g/mol. The van der Waals surface area contributed by atoms with Gasteiger partial charge in [0.1, 0.15) is 12.6 Å². The molecule has 0 aromatic heterocycles. The number of hydrogen-bond donors (Lipinski definition) is 3. The summed E-state index contributed by atoms with van der Waals surface area (Å²) >= 11 is 0. The number of carboxylic acid groups (broad SMARTS) is 1. The molecule has 4 rings (SSSR count). The maximum Gasteiger partial charge on any atom is 0.407 e. The summed E-state index contributed by atoms with van der Waals surface area (Å²) in [6.45, 7) is 10.2. The lowest BCUT2D eigenvalue weighted by Crippen LogP contribution is -2.52. The molecule has 2 aliphatic rings. The summed E-state index contributed by atoms with van der Waals surface area (Å²) in [7, 11) is 0. The van der Waals surface area contributed by atoms with E-state index in [4.69, 9.17) is 4.74 Å². The lowest BCUT2D eigenvalue weighted by atomic mass is 9.98. The van der Waals surface area contributed by atoms with E-state index in [9.17, 15) is 19.5 Å². The van der Waals surface area contributed by atoms with E-state index < -0.39 is 36.0 Å². The first kappa shape index (κ1) is 23.8. The largest absolute Gasteiger partial charge is 0.481 e. The van der Waals surface area contributed by atoms with Crippen LogP contribution in [0.2, 0.25) is 0 Å². The van der Waals surface area contributed by atoms with Crippen LogP contribution < -0.4 is 10.6 Å². The molecule has 0 bridgehead atoms. The van der Waals surface area contributed by atoms with Crippen LogP contribution in [-0.4, -0.2) is 41.3 Å². The lowest BCUT2D eigenvalue weighted by molar-refractivity contribution is -0.140. The Kier molecular flexibility index (Phi) is 5.70. The van der Waals surface area contributed by atoms with Crippen LogP contribution in [0.4, 0.5) is 4.79 Å². The summed E-state index contributed by atoms with van der Waals surface area (Å²) in [6.07, 6.45) is -1.35. The average molecular weight is 465 g/mol. The van der Waals surface area contributed by atoms with Crippen LogP contribution in [0, 0.1) is 10.8 Å². The van der Waals surface area contributed by atoms with Crippen molar-refractivity contribution in [1.82, 2.24) is 10.6 Å². The summed E-state index contributed by atoms with van der Waals surface area (Å²) in [5.74, 6) is -1.84. The Labute approximate surface area is 199 Å². The van der Waals surface area contributed by atoms with Gasteiger partial charge in [0.15, 0.2) is 0 Å². The van der Waals surface area contributed by atoms with Gasteiger partial charge in [0.05, 0.1) is 6.42 Å². The van der Waals surface area contributed by atoms with Gasteiger partial charge < -0.3 is 20.5 Å². The Bertz CT molecular complexity index is 1090. The Balaban J connectivity index is 1.43. The van der Waals surface area contributed by atoms with Crippen molar-refractivity contribution in [3.05, 3.63) is 59.7 Å². The van der Waals surface area contributed by atoms with Crippen molar-refractivity contribution in [1.29, 1.82) is 0 Å². The van der Waals surface area contributed by atoms with Gasteiger partial charge in [-0.05, 0) is 40.0 Å². The molecule has 1 saturated carbocycles. The van der Waals surface area contributed by atoms with Gasteiger partial charge in [0, 0.05) is 11.5 Å². The molecule has 7 nitrogen and oxygen atoms in total. The summed E-state index contributed by atoms with van der Waals surface area (Å²) in [5.41, 5.74) is 3.50. The van der Waals surface area contributed by atoms with Crippen LogP contribution in [0.15, 0.2) is 48.5 Å². The average Bonchev–Trinajstić information content (AvgIpc) is 3.01. The summed E-state index contributed by atoms with van der Waals surface area (Å²) < 4.78 is 5.51. The van der Waals surface area contributed by atoms with Gasteiger partial charge in [-0.3, -0.25) is 9.59 Å². The SMILES string of the molecule is CC1(C)C(C)(C)C1(C)NC(=O)C(CC(=O)O)NC(=O)OCC1c2ccccc2-c2ccccc21. The fourth-order valence-corrected chi connectivity index (χ4v) is 5.41. The van der Waals surface area contributed by atoms with Gasteiger partial charge in [0.2, 0.25) is 5.91 Å². The minimum atomic E-state index is -1.24. The Morgan fingerprint density at radius 1 is 0.912 bits per heavy atom. The van der Waals surface area contributed by atoms with Crippen molar-refractivity contribution in [3.63, 3.8) is 0 Å². The second-order valence-corrected chi connectivity index (χ2v) is 10.5. The van der Waals surface area contributed by atoms with E-state index in [-0.39, 0.29) is 23.4 Å². The highest BCUT2D eigenvalue weighted by molar-refractivity contribution is 5.90. The molecule has 0 aliphatic heterocycles. The summed E-state index contributed by atoms with van der Waals surface area (Å²) in [5, 5.41) is 14.8. The zero-order valence-corrected chi connectivity index (χ0v) is 20.3. The van der Waals surface area contributed by atoms with Gasteiger partial charge in [-0.25, -0.2) is 4.79 Å². The zero-order chi connectivity index (χ0) is 24.9. The number of ether oxygens (including phenoxy) is 1. The number of nitrogens with one attached hydrogen (secondary N) is 2. The second-order valence-electron chi connectivity index (χ2n) is 10.5. The normalized spacial score (nSPS) is 19.3. The standard InChI is InChI=1S/C27H32N2O5/c1-25(2)26(3,4)27(25,5)29-23(32)21(14-22(30)31)28-24(33)34-15-20-18-12-8-6-10-16(18)17-11-7-9-13-19(17)20/h6-13,20-21H,14-15H2,1-5H3,(H,28,33)(H,29,32)(H,30,31). The maximum absolute atomic E-state index is 13.0. The van der Waals surface area contributed by atoms with Gasteiger partial charge in [0.25, 0.3) is 0 Å². The molecule has 0 saturated heterocycles. The third-order valence-electron chi connectivity index (χ3n) is 8.70. The fourth-order valence-electron chi connectivity index (χ4n) is 5.41.